The molecular weight excluding hydrogens is 1590 g/mol. The molecule has 0 saturated heterocycles. The Morgan fingerprint density at radius 3 is 0.389 bits per heavy atom. The summed E-state index contributed by atoms with van der Waals surface area (Å²) in [7, 11) is -14.9. The van der Waals surface area contributed by atoms with Crippen LogP contribution in [0.5, 0.6) is 0 Å². The van der Waals surface area contributed by atoms with E-state index in [4.69, 9.17) is 5.11 Å². The first-order valence-electron chi connectivity index (χ1n) is 19.8. The van der Waals surface area contributed by atoms with Crippen molar-refractivity contribution in [3.05, 3.63) is 0 Å². The van der Waals surface area contributed by atoms with Crippen LogP contribution in [0.15, 0.2) is 0 Å². The first-order chi connectivity index (χ1) is 39.8. The normalized spacial score (nSPS) is 17.1. The molecule has 0 fully saturated rings. The van der Waals surface area contributed by atoms with Crippen LogP contribution >= 0.6 is 0 Å². The molecule has 1 N–H and O–H groups in total. The van der Waals surface area contributed by atoms with Crippen LogP contribution in [-0.2, 0) is 13.3 Å². The van der Waals surface area contributed by atoms with E-state index in [1.165, 1.54) is 0 Å². The quantitative estimate of drug-likeness (QED) is 0.0658. The van der Waals surface area contributed by atoms with Crippen LogP contribution in [0, 0.1) is 0 Å². The average molecular weight is 1600 g/mol. The van der Waals surface area contributed by atoms with Crippen molar-refractivity contribution >= 4 is 8.80 Å². The summed E-state index contributed by atoms with van der Waals surface area (Å²) in [4.78, 5) is 0. The molecule has 0 radical (unpaired) electrons. The van der Waals surface area contributed by atoms with Crippen molar-refractivity contribution in [1.29, 1.82) is 0 Å². The lowest BCUT2D eigenvalue weighted by molar-refractivity contribution is -0.487. The van der Waals surface area contributed by atoms with Gasteiger partial charge in [-0.25, -0.2) is 0 Å². The van der Waals surface area contributed by atoms with Crippen molar-refractivity contribution < 1.29 is 282 Å². The Morgan fingerprint density at radius 2 is 0.274 bits per heavy atom. The predicted molar refractivity (Wildman–Crippen MR) is 165 cm³/mol. The van der Waals surface area contributed by atoms with Gasteiger partial charge in [-0.3, -0.25) is 0 Å². The number of alkyl halides is 60. The molecule has 0 aromatic carbocycles. The zero-order chi connectivity index (χ0) is 79.3. The zero-order valence-corrected chi connectivity index (χ0v) is 41.6. The third kappa shape index (κ3) is 12.2. The van der Waals surface area contributed by atoms with E-state index in [9.17, 15) is 220 Å². The molecule has 0 bridgehead atoms. The molecule has 4 nitrogen and oxygen atoms in total. The van der Waals surface area contributed by atoms with E-state index in [0.29, 0.717) is 0 Å². The highest BCUT2D eigenvalue weighted by Crippen LogP contribution is 2.71. The molecule has 0 aliphatic heterocycles. The largest absolute Gasteiger partial charge is 0.595 e. The van der Waals surface area contributed by atoms with E-state index in [2.05, 4.69) is 0 Å². The van der Waals surface area contributed by atoms with E-state index < -0.39 is 176 Å². The van der Waals surface area contributed by atoms with E-state index in [0.717, 1.165) is 0 Å². The number of aliphatic hydroxyl groups excluding tert-OH is 1. The van der Waals surface area contributed by atoms with Crippen molar-refractivity contribution in [3.8, 4) is 0 Å². The number of rotatable bonds is 27. The molecule has 0 amide bonds. The van der Waals surface area contributed by atoms with Crippen LogP contribution in [-0.4, -0.2) is 188 Å². The molecule has 65 heteroatoms. The fourth-order valence-corrected chi connectivity index (χ4v) is 7.42. The maximum absolute atomic E-state index is 16.0. The summed E-state index contributed by atoms with van der Waals surface area (Å²) in [5.74, 6) is -214. The Hall–Kier alpha value is -4.14. The summed E-state index contributed by atoms with van der Waals surface area (Å²) in [5.41, 5.74) is -12.3. The number of hydrogen-bond donors (Lipinski definition) is 1. The van der Waals surface area contributed by atoms with Crippen LogP contribution in [0.4, 0.5) is 263 Å². The molecule has 0 aromatic rings. The number of halogens is 60. The molecule has 0 aliphatic carbocycles. The summed E-state index contributed by atoms with van der Waals surface area (Å²) in [6.45, 7) is 1.93. The fraction of sp³-hybridized carbons (Fsp3) is 1.00. The molecule has 0 saturated carbocycles. The van der Waals surface area contributed by atoms with Crippen molar-refractivity contribution in [2.45, 2.75) is 174 Å². The Labute approximate surface area is 472 Å². The molecule has 0 spiro atoms. The molecule has 0 aliphatic rings. The lowest BCUT2D eigenvalue weighted by Crippen LogP contribution is -2.83. The SMILES string of the molecule is CCO.FC(F)(F)C(F)(F)C(F)(F)C(F)(F)C(F)(F)C(F)(F)O[Si](OC(F)(F)C(F)(F)C(F)(F)C(F)(F)C(F)(F)C(F)(F)F)(OC(F)(F)C(F)(F)C(F)(F)C(F)(F)C(F)(F)C(F)(F)F)C(F)(F)C(F)(F)C(F)(F)C(F)(F)C(F)(F)C(F)(F)C(F)(F)C(F)(F)C(F)(F)C(F)(F)F. The van der Waals surface area contributed by atoms with E-state index in [1.807, 2.05) is 0 Å². The van der Waals surface area contributed by atoms with Crippen molar-refractivity contribution in [2.24, 2.45) is 0 Å². The molecule has 0 heterocycles. The van der Waals surface area contributed by atoms with Crippen molar-refractivity contribution in [3.63, 3.8) is 0 Å². The molecule has 0 atom stereocenters. The van der Waals surface area contributed by atoms with Gasteiger partial charge in [0.25, 0.3) is 0 Å². The second-order valence-electron chi connectivity index (χ2n) is 16.8. The van der Waals surface area contributed by atoms with E-state index >= 15 is 43.9 Å². The van der Waals surface area contributed by atoms with Gasteiger partial charge in [0.15, 0.2) is 0 Å². The summed E-state index contributed by atoms with van der Waals surface area (Å²) < 4.78 is 838. The van der Waals surface area contributed by atoms with Crippen LogP contribution in [0.1, 0.15) is 6.92 Å². The molecule has 574 valence electrons. The van der Waals surface area contributed by atoms with Gasteiger partial charge in [0, 0.05) is 6.61 Å². The second-order valence-corrected chi connectivity index (χ2v) is 19.1. The monoisotopic (exact) mass is 1600 g/mol. The van der Waals surface area contributed by atoms with Gasteiger partial charge >= 0.3 is 176 Å². The Balaban J connectivity index is 0. The maximum atomic E-state index is 16.0. The van der Waals surface area contributed by atoms with Crippen LogP contribution in [0.2, 0.25) is 0 Å². The molecule has 0 unspecified atom stereocenters. The summed E-state index contributed by atoms with van der Waals surface area (Å²) in [6.07, 6.45) is -70.5. The third-order valence-corrected chi connectivity index (χ3v) is 13.1. The van der Waals surface area contributed by atoms with Gasteiger partial charge in [0.05, 0.1) is 0 Å². The number of hydrogen-bond acceptors (Lipinski definition) is 4. The topological polar surface area (TPSA) is 47.9 Å². The maximum Gasteiger partial charge on any atom is 0.595 e. The van der Waals surface area contributed by atoms with Crippen molar-refractivity contribution in [2.75, 3.05) is 6.61 Å². The first kappa shape index (κ1) is 92.9. The third-order valence-electron chi connectivity index (χ3n) is 10.4. The van der Waals surface area contributed by atoms with Gasteiger partial charge < -0.3 is 18.4 Å². The van der Waals surface area contributed by atoms with Crippen molar-refractivity contribution in [1.82, 2.24) is 0 Å². The van der Waals surface area contributed by atoms with Gasteiger partial charge in [-0.15, -0.1) is 0 Å². The molecular formula is C30H6F60O4Si. The Kier molecular flexibility index (Phi) is 23.0. The summed E-state index contributed by atoms with van der Waals surface area (Å²) in [5, 5.41) is 7.57. The number of aliphatic hydroxyl groups is 1. The summed E-state index contributed by atoms with van der Waals surface area (Å²) >= 11 is 0. The van der Waals surface area contributed by atoms with Crippen LogP contribution < -0.4 is 0 Å². The lowest BCUT2D eigenvalue weighted by Gasteiger charge is -2.49. The summed E-state index contributed by atoms with van der Waals surface area (Å²) in [6, 6.07) is 0. The lowest BCUT2D eigenvalue weighted by atomic mass is 9.87. The average Bonchev–Trinajstić information content (AvgIpc) is 0.688. The smallest absolute Gasteiger partial charge is 0.397 e. The van der Waals surface area contributed by atoms with E-state index in [-0.39, 0.29) is 19.9 Å². The minimum absolute atomic E-state index is 0.0230. The molecule has 0 rings (SSSR count). The molecule has 95 heavy (non-hydrogen) atoms. The van der Waals surface area contributed by atoms with Gasteiger partial charge in [-0.05, 0) is 6.92 Å². The highest BCUT2D eigenvalue weighted by atomic mass is 28.4. The minimum atomic E-state index is -14.9. The van der Waals surface area contributed by atoms with Gasteiger partial charge in [-0.2, -0.15) is 263 Å². The van der Waals surface area contributed by atoms with Gasteiger partial charge in [0.2, 0.25) is 0 Å². The van der Waals surface area contributed by atoms with Gasteiger partial charge in [-0.1, -0.05) is 0 Å². The minimum Gasteiger partial charge on any atom is -0.397 e. The standard InChI is InChI=1S/C28F60O3Si.C2H6O/c29-1(30,3(33,34)5(37,38)13(53,54)21(69,70)71)2(31,32)4(35,36)12(51,52)20(67,68)28(87,88)92(89-25(81,82)17(61,62)9(45,46)6(39,40)14(55,56)22(72,73)74,90-26(83,84)18(63,64)10(47,48)7(41,42)15(57,58)23(75,76)77)91-27(85,86)19(65,66)11(49,50)8(43,44)16(59,60)24(78,79)80;1-2-3/h;3H,2H2,1H3. The van der Waals surface area contributed by atoms with E-state index in [1.54, 1.807) is 6.92 Å². The highest BCUT2D eigenvalue weighted by molar-refractivity contribution is 6.64. The first-order valence-corrected chi connectivity index (χ1v) is 21.6. The zero-order valence-electron chi connectivity index (χ0n) is 40.6. The second kappa shape index (κ2) is 23.5. The van der Waals surface area contributed by atoms with Gasteiger partial charge in [0.1, 0.15) is 0 Å². The highest BCUT2D eigenvalue weighted by Gasteiger charge is 3.04. The molecule has 0 aromatic heterocycles. The fourth-order valence-electron chi connectivity index (χ4n) is 4.97. The Morgan fingerprint density at radius 1 is 0.179 bits per heavy atom. The van der Waals surface area contributed by atoms with Crippen LogP contribution in [0.3, 0.4) is 0 Å². The predicted octanol–water partition coefficient (Wildman–Crippen LogP) is 18.9. The van der Waals surface area contributed by atoms with Crippen LogP contribution in [0.25, 0.3) is 0 Å². The Bertz CT molecular complexity index is 2460.